The molecule has 106 valence electrons. The summed E-state index contributed by atoms with van der Waals surface area (Å²) in [6, 6.07) is 10.2. The number of nitrogens with one attached hydrogen (secondary N) is 2. The number of ether oxygens (including phenoxy) is 1. The first kappa shape index (κ1) is 14.3. The van der Waals surface area contributed by atoms with Gasteiger partial charge >= 0.3 is 0 Å². The number of aryl methyl sites for hydroxylation is 1. The predicted molar refractivity (Wildman–Crippen MR) is 80.9 cm³/mol. The van der Waals surface area contributed by atoms with Crippen LogP contribution in [0.25, 0.3) is 0 Å². The maximum atomic E-state index is 4.99. The Balaban J connectivity index is 1.93. The van der Waals surface area contributed by atoms with Crippen LogP contribution in [-0.2, 0) is 11.3 Å². The normalized spacial score (nSPS) is 10.3. The van der Waals surface area contributed by atoms with Crippen molar-refractivity contribution in [2.75, 3.05) is 30.9 Å². The van der Waals surface area contributed by atoms with Gasteiger partial charge in [-0.2, -0.15) is 0 Å². The lowest BCUT2D eigenvalue weighted by atomic mass is 10.1. The Kier molecular flexibility index (Phi) is 5.32. The molecule has 2 rings (SSSR count). The van der Waals surface area contributed by atoms with Gasteiger partial charge in [0.1, 0.15) is 18.0 Å². The molecule has 2 aromatic rings. The zero-order valence-electron chi connectivity index (χ0n) is 11.9. The number of anilines is 2. The Morgan fingerprint density at radius 1 is 1.10 bits per heavy atom. The van der Waals surface area contributed by atoms with E-state index < -0.39 is 0 Å². The second kappa shape index (κ2) is 7.45. The third kappa shape index (κ3) is 4.20. The van der Waals surface area contributed by atoms with Gasteiger partial charge in [-0.25, -0.2) is 9.97 Å². The topological polar surface area (TPSA) is 59.1 Å². The summed E-state index contributed by atoms with van der Waals surface area (Å²) in [4.78, 5) is 8.38. The molecule has 1 aromatic carbocycles. The molecule has 1 heterocycles. The Morgan fingerprint density at radius 3 is 2.60 bits per heavy atom. The minimum absolute atomic E-state index is 0.649. The van der Waals surface area contributed by atoms with E-state index in [0.717, 1.165) is 24.7 Å². The first-order chi connectivity index (χ1) is 9.79. The van der Waals surface area contributed by atoms with Crippen LogP contribution in [0.1, 0.15) is 11.1 Å². The van der Waals surface area contributed by atoms with Crippen LogP contribution in [0.3, 0.4) is 0 Å². The molecule has 0 radical (unpaired) electrons. The van der Waals surface area contributed by atoms with Crippen molar-refractivity contribution in [3.8, 4) is 0 Å². The van der Waals surface area contributed by atoms with Crippen LogP contribution < -0.4 is 10.6 Å². The number of nitrogens with zero attached hydrogens (tertiary/aromatic N) is 2. The molecule has 0 aliphatic carbocycles. The summed E-state index contributed by atoms with van der Waals surface area (Å²) in [5, 5.41) is 6.49. The fraction of sp³-hybridized carbons (Fsp3) is 0.333. The largest absolute Gasteiger partial charge is 0.383 e. The molecule has 0 saturated carbocycles. The van der Waals surface area contributed by atoms with Gasteiger partial charge < -0.3 is 15.4 Å². The molecule has 0 amide bonds. The standard InChI is InChI=1S/C15H20N4O/c1-12-5-3-4-6-13(12)10-17-15-9-14(18-11-19-15)16-7-8-20-2/h3-6,9,11H,7-8,10H2,1-2H3,(H2,16,17,18,19). The average molecular weight is 272 g/mol. The first-order valence-corrected chi connectivity index (χ1v) is 6.63. The van der Waals surface area contributed by atoms with Crippen molar-refractivity contribution in [2.24, 2.45) is 0 Å². The fourth-order valence-corrected chi connectivity index (χ4v) is 1.83. The van der Waals surface area contributed by atoms with Crippen molar-refractivity contribution in [2.45, 2.75) is 13.5 Å². The summed E-state index contributed by atoms with van der Waals surface area (Å²) < 4.78 is 4.99. The lowest BCUT2D eigenvalue weighted by Crippen LogP contribution is -2.10. The smallest absolute Gasteiger partial charge is 0.131 e. The van der Waals surface area contributed by atoms with E-state index in [1.807, 2.05) is 18.2 Å². The van der Waals surface area contributed by atoms with Gasteiger partial charge in [0, 0.05) is 26.3 Å². The highest BCUT2D eigenvalue weighted by Gasteiger charge is 2.00. The van der Waals surface area contributed by atoms with Crippen LogP contribution in [0.5, 0.6) is 0 Å². The van der Waals surface area contributed by atoms with E-state index in [-0.39, 0.29) is 0 Å². The molecule has 0 bridgehead atoms. The van der Waals surface area contributed by atoms with Crippen LogP contribution in [-0.4, -0.2) is 30.2 Å². The molecule has 0 atom stereocenters. The molecule has 5 heteroatoms. The molecule has 1 aromatic heterocycles. The molecule has 0 spiro atoms. The van der Waals surface area contributed by atoms with E-state index in [2.05, 4.69) is 39.7 Å². The number of aromatic nitrogens is 2. The number of hydrogen-bond donors (Lipinski definition) is 2. The number of rotatable bonds is 7. The number of hydrogen-bond acceptors (Lipinski definition) is 5. The van der Waals surface area contributed by atoms with E-state index in [1.165, 1.54) is 11.1 Å². The quantitative estimate of drug-likeness (QED) is 0.758. The van der Waals surface area contributed by atoms with Crippen LogP contribution in [0, 0.1) is 6.92 Å². The highest BCUT2D eigenvalue weighted by molar-refractivity contribution is 5.47. The molecular formula is C15H20N4O. The maximum absolute atomic E-state index is 4.99. The fourth-order valence-electron chi connectivity index (χ4n) is 1.83. The van der Waals surface area contributed by atoms with Crippen molar-refractivity contribution in [1.29, 1.82) is 0 Å². The van der Waals surface area contributed by atoms with E-state index in [1.54, 1.807) is 13.4 Å². The summed E-state index contributed by atoms with van der Waals surface area (Å²) in [7, 11) is 1.68. The van der Waals surface area contributed by atoms with Crippen molar-refractivity contribution in [3.63, 3.8) is 0 Å². The summed E-state index contributed by atoms with van der Waals surface area (Å²) in [6.07, 6.45) is 1.55. The Labute approximate surface area is 119 Å². The minimum Gasteiger partial charge on any atom is -0.383 e. The molecule has 0 saturated heterocycles. The van der Waals surface area contributed by atoms with E-state index in [4.69, 9.17) is 4.74 Å². The zero-order chi connectivity index (χ0) is 14.2. The van der Waals surface area contributed by atoms with Crippen LogP contribution >= 0.6 is 0 Å². The van der Waals surface area contributed by atoms with Crippen LogP contribution in [0.15, 0.2) is 36.7 Å². The monoisotopic (exact) mass is 272 g/mol. The zero-order valence-corrected chi connectivity index (χ0v) is 11.9. The third-order valence-electron chi connectivity index (χ3n) is 3.00. The first-order valence-electron chi connectivity index (χ1n) is 6.63. The highest BCUT2D eigenvalue weighted by Crippen LogP contribution is 2.12. The van der Waals surface area contributed by atoms with Gasteiger partial charge in [-0.3, -0.25) is 0 Å². The van der Waals surface area contributed by atoms with Crippen LogP contribution in [0.4, 0.5) is 11.6 Å². The van der Waals surface area contributed by atoms with E-state index >= 15 is 0 Å². The summed E-state index contributed by atoms with van der Waals surface area (Å²) in [5.41, 5.74) is 2.53. The molecule has 2 N–H and O–H groups in total. The van der Waals surface area contributed by atoms with Gasteiger partial charge in [0.2, 0.25) is 0 Å². The SMILES string of the molecule is COCCNc1cc(NCc2ccccc2C)ncn1. The van der Waals surface area contributed by atoms with Crippen molar-refractivity contribution >= 4 is 11.6 Å². The Hall–Kier alpha value is -2.14. The number of methoxy groups -OCH3 is 1. The molecule has 0 unspecified atom stereocenters. The van der Waals surface area contributed by atoms with E-state index in [9.17, 15) is 0 Å². The predicted octanol–water partition coefficient (Wildman–Crippen LogP) is 2.46. The molecular weight excluding hydrogens is 252 g/mol. The number of benzene rings is 1. The summed E-state index contributed by atoms with van der Waals surface area (Å²) >= 11 is 0. The maximum Gasteiger partial charge on any atom is 0.131 e. The lowest BCUT2D eigenvalue weighted by molar-refractivity contribution is 0.210. The van der Waals surface area contributed by atoms with Gasteiger partial charge in [-0.15, -0.1) is 0 Å². The third-order valence-corrected chi connectivity index (χ3v) is 3.00. The van der Waals surface area contributed by atoms with Crippen molar-refractivity contribution in [3.05, 3.63) is 47.8 Å². The van der Waals surface area contributed by atoms with Gasteiger partial charge in [-0.1, -0.05) is 24.3 Å². The van der Waals surface area contributed by atoms with Gasteiger partial charge in [-0.05, 0) is 18.1 Å². The Morgan fingerprint density at radius 2 is 1.85 bits per heavy atom. The second-order valence-corrected chi connectivity index (χ2v) is 4.49. The van der Waals surface area contributed by atoms with Crippen molar-refractivity contribution < 1.29 is 4.74 Å². The summed E-state index contributed by atoms with van der Waals surface area (Å²) in [5.74, 6) is 1.60. The van der Waals surface area contributed by atoms with Crippen LogP contribution in [0.2, 0.25) is 0 Å². The van der Waals surface area contributed by atoms with Gasteiger partial charge in [0.05, 0.1) is 6.61 Å². The minimum atomic E-state index is 0.649. The molecule has 5 nitrogen and oxygen atoms in total. The Bertz CT molecular complexity index is 545. The van der Waals surface area contributed by atoms with E-state index in [0.29, 0.717) is 6.61 Å². The van der Waals surface area contributed by atoms with Crippen molar-refractivity contribution in [1.82, 2.24) is 9.97 Å². The highest BCUT2D eigenvalue weighted by atomic mass is 16.5. The molecule has 0 aliphatic heterocycles. The second-order valence-electron chi connectivity index (χ2n) is 4.49. The molecule has 20 heavy (non-hydrogen) atoms. The van der Waals surface area contributed by atoms with Gasteiger partial charge in [0.15, 0.2) is 0 Å². The lowest BCUT2D eigenvalue weighted by Gasteiger charge is -2.09. The average Bonchev–Trinajstić information content (AvgIpc) is 2.47. The molecule has 0 fully saturated rings. The molecule has 0 aliphatic rings. The van der Waals surface area contributed by atoms with Gasteiger partial charge in [0.25, 0.3) is 0 Å². The summed E-state index contributed by atoms with van der Waals surface area (Å²) in [6.45, 7) is 4.23.